The number of aliphatic imine (C=N–C) groups is 1. The summed E-state index contributed by atoms with van der Waals surface area (Å²) < 4.78 is 12.7. The van der Waals surface area contributed by atoms with E-state index in [1.807, 2.05) is 4.68 Å². The monoisotopic (exact) mass is 406 g/mol. The SMILES string of the molecule is Cl.O=C1Cc2c(-c3noc(C4CCOCC4)n3)cnn2C(C2CCNCC2)=N1. The second-order valence-corrected chi connectivity index (χ2v) is 7.32. The second-order valence-electron chi connectivity index (χ2n) is 7.32. The van der Waals surface area contributed by atoms with Crippen LogP contribution < -0.4 is 5.32 Å². The zero-order valence-electron chi connectivity index (χ0n) is 15.5. The van der Waals surface area contributed by atoms with E-state index in [4.69, 9.17) is 9.26 Å². The number of amides is 1. The van der Waals surface area contributed by atoms with Crippen LogP contribution in [-0.4, -0.2) is 58.0 Å². The highest BCUT2D eigenvalue weighted by atomic mass is 35.5. The molecule has 3 aliphatic heterocycles. The van der Waals surface area contributed by atoms with Crippen LogP contribution in [0.25, 0.3) is 11.4 Å². The number of halogens is 1. The Hall–Kier alpha value is -2.10. The fourth-order valence-electron chi connectivity index (χ4n) is 4.09. The van der Waals surface area contributed by atoms with E-state index in [2.05, 4.69) is 25.5 Å². The standard InChI is InChI=1S/C18H22N6O3.ClH/c25-15-9-14-13(16-22-18(27-23-16)12-3-7-26-8-4-12)10-20-24(14)17(21-15)11-1-5-19-6-2-11;/h10-12,19H,1-9H2;1H. The molecule has 1 amide bonds. The van der Waals surface area contributed by atoms with E-state index >= 15 is 0 Å². The first kappa shape index (κ1) is 19.2. The third kappa shape index (κ3) is 3.49. The molecule has 28 heavy (non-hydrogen) atoms. The molecule has 0 radical (unpaired) electrons. The van der Waals surface area contributed by atoms with Crippen LogP contribution in [0.5, 0.6) is 0 Å². The fraction of sp³-hybridized carbons (Fsp3) is 0.611. The van der Waals surface area contributed by atoms with Crippen LogP contribution in [0.4, 0.5) is 0 Å². The van der Waals surface area contributed by atoms with Crippen molar-refractivity contribution in [1.29, 1.82) is 0 Å². The third-order valence-electron chi connectivity index (χ3n) is 5.60. The Kier molecular flexibility index (Phi) is 5.56. The summed E-state index contributed by atoms with van der Waals surface area (Å²) >= 11 is 0. The number of fused-ring (bicyclic) bond motifs is 1. The number of nitrogens with zero attached hydrogens (tertiary/aromatic N) is 5. The quantitative estimate of drug-likeness (QED) is 0.824. The largest absolute Gasteiger partial charge is 0.381 e. The molecular formula is C18H23ClN6O3. The van der Waals surface area contributed by atoms with Crippen molar-refractivity contribution in [2.75, 3.05) is 26.3 Å². The minimum Gasteiger partial charge on any atom is -0.381 e. The number of piperidine rings is 1. The molecule has 0 aromatic carbocycles. The van der Waals surface area contributed by atoms with Crippen LogP contribution in [0.3, 0.4) is 0 Å². The van der Waals surface area contributed by atoms with Gasteiger partial charge in [0.15, 0.2) is 0 Å². The number of rotatable bonds is 3. The summed E-state index contributed by atoms with van der Waals surface area (Å²) in [4.78, 5) is 21.2. The Morgan fingerprint density at radius 3 is 2.68 bits per heavy atom. The van der Waals surface area contributed by atoms with Crippen molar-refractivity contribution < 1.29 is 14.1 Å². The fourth-order valence-corrected chi connectivity index (χ4v) is 4.09. The lowest BCUT2D eigenvalue weighted by molar-refractivity contribution is -0.117. The van der Waals surface area contributed by atoms with E-state index in [1.54, 1.807) is 6.20 Å². The van der Waals surface area contributed by atoms with E-state index in [0.717, 1.165) is 69.1 Å². The van der Waals surface area contributed by atoms with E-state index in [1.165, 1.54) is 0 Å². The first-order valence-corrected chi connectivity index (χ1v) is 9.60. The van der Waals surface area contributed by atoms with E-state index in [9.17, 15) is 4.79 Å². The lowest BCUT2D eigenvalue weighted by Gasteiger charge is -2.26. The lowest BCUT2D eigenvalue weighted by Crippen LogP contribution is -2.38. The molecule has 5 heterocycles. The Morgan fingerprint density at radius 1 is 1.11 bits per heavy atom. The van der Waals surface area contributed by atoms with Gasteiger partial charge < -0.3 is 14.6 Å². The molecule has 5 rings (SSSR count). The molecule has 2 aromatic rings. The molecule has 0 saturated carbocycles. The summed E-state index contributed by atoms with van der Waals surface area (Å²) in [5, 5.41) is 12.0. The van der Waals surface area contributed by atoms with Crippen LogP contribution >= 0.6 is 12.4 Å². The van der Waals surface area contributed by atoms with Gasteiger partial charge >= 0.3 is 0 Å². The summed E-state index contributed by atoms with van der Waals surface area (Å²) in [5.74, 6) is 2.23. The van der Waals surface area contributed by atoms with Crippen LogP contribution in [0, 0.1) is 5.92 Å². The maximum Gasteiger partial charge on any atom is 0.253 e. The van der Waals surface area contributed by atoms with Crippen molar-refractivity contribution in [3.63, 3.8) is 0 Å². The predicted molar refractivity (Wildman–Crippen MR) is 103 cm³/mol. The van der Waals surface area contributed by atoms with Gasteiger partial charge in [0.05, 0.1) is 23.9 Å². The maximum absolute atomic E-state index is 12.3. The highest BCUT2D eigenvalue weighted by Gasteiger charge is 2.31. The minimum atomic E-state index is -0.133. The molecule has 3 aliphatic rings. The second kappa shape index (κ2) is 8.10. The number of nitrogens with one attached hydrogen (secondary N) is 1. The number of hydrogen-bond acceptors (Lipinski definition) is 7. The molecule has 0 unspecified atom stereocenters. The summed E-state index contributed by atoms with van der Waals surface area (Å²) in [6.07, 6.45) is 5.62. The van der Waals surface area contributed by atoms with Crippen molar-refractivity contribution in [3.05, 3.63) is 17.8 Å². The molecule has 10 heteroatoms. The normalized spacial score (nSPS) is 21.1. The molecule has 2 fully saturated rings. The molecule has 9 nitrogen and oxygen atoms in total. The van der Waals surface area contributed by atoms with Crippen molar-refractivity contribution >= 4 is 24.1 Å². The molecular weight excluding hydrogens is 384 g/mol. The predicted octanol–water partition coefficient (Wildman–Crippen LogP) is 1.58. The van der Waals surface area contributed by atoms with E-state index < -0.39 is 0 Å². The van der Waals surface area contributed by atoms with Gasteiger partial charge in [-0.25, -0.2) is 4.68 Å². The van der Waals surface area contributed by atoms with Gasteiger partial charge in [0.2, 0.25) is 11.7 Å². The maximum atomic E-state index is 12.3. The Morgan fingerprint density at radius 2 is 1.89 bits per heavy atom. The number of ether oxygens (including phenoxy) is 1. The number of carbonyl (C=O) groups is 1. The molecule has 2 saturated heterocycles. The third-order valence-corrected chi connectivity index (χ3v) is 5.60. The molecule has 0 bridgehead atoms. The Bertz CT molecular complexity index is 880. The zero-order valence-corrected chi connectivity index (χ0v) is 16.3. The van der Waals surface area contributed by atoms with Crippen molar-refractivity contribution in [2.45, 2.75) is 38.0 Å². The van der Waals surface area contributed by atoms with Gasteiger partial charge in [-0.05, 0) is 38.8 Å². The van der Waals surface area contributed by atoms with Gasteiger partial charge in [-0.15, -0.1) is 12.4 Å². The molecule has 1 N–H and O–H groups in total. The first-order chi connectivity index (χ1) is 13.3. The van der Waals surface area contributed by atoms with Gasteiger partial charge in [-0.2, -0.15) is 15.1 Å². The van der Waals surface area contributed by atoms with Gasteiger partial charge in [-0.1, -0.05) is 5.16 Å². The number of aromatic nitrogens is 4. The summed E-state index contributed by atoms with van der Waals surface area (Å²) in [5.41, 5.74) is 1.56. The van der Waals surface area contributed by atoms with Gasteiger partial charge in [0.25, 0.3) is 5.91 Å². The smallest absolute Gasteiger partial charge is 0.253 e. The van der Waals surface area contributed by atoms with Gasteiger partial charge in [0.1, 0.15) is 5.84 Å². The highest BCUT2D eigenvalue weighted by molar-refractivity contribution is 6.01. The molecule has 0 atom stereocenters. The van der Waals surface area contributed by atoms with Crippen molar-refractivity contribution in [1.82, 2.24) is 25.2 Å². The van der Waals surface area contributed by atoms with Crippen molar-refractivity contribution in [2.24, 2.45) is 10.9 Å². The van der Waals surface area contributed by atoms with Crippen LogP contribution in [0.2, 0.25) is 0 Å². The highest BCUT2D eigenvalue weighted by Crippen LogP contribution is 2.30. The molecule has 0 spiro atoms. The lowest BCUT2D eigenvalue weighted by atomic mass is 9.95. The Balaban J connectivity index is 0.00000192. The summed E-state index contributed by atoms with van der Waals surface area (Å²) in [7, 11) is 0. The molecule has 150 valence electrons. The molecule has 2 aromatic heterocycles. The number of carbonyl (C=O) groups excluding carboxylic acids is 1. The first-order valence-electron chi connectivity index (χ1n) is 9.60. The minimum absolute atomic E-state index is 0. The van der Waals surface area contributed by atoms with Crippen molar-refractivity contribution in [3.8, 4) is 11.4 Å². The Labute approximate surface area is 168 Å². The van der Waals surface area contributed by atoms with Crippen LogP contribution in [0.1, 0.15) is 43.2 Å². The van der Waals surface area contributed by atoms with Crippen LogP contribution in [-0.2, 0) is 16.0 Å². The average molecular weight is 407 g/mol. The summed E-state index contributed by atoms with van der Waals surface area (Å²) in [6.45, 7) is 3.30. The number of hydrogen-bond donors (Lipinski definition) is 1. The topological polar surface area (TPSA) is 107 Å². The average Bonchev–Trinajstić information content (AvgIpc) is 3.35. The van der Waals surface area contributed by atoms with Gasteiger partial charge in [-0.3, -0.25) is 4.79 Å². The zero-order chi connectivity index (χ0) is 18.2. The summed E-state index contributed by atoms with van der Waals surface area (Å²) in [6, 6.07) is 0. The van der Waals surface area contributed by atoms with Gasteiger partial charge in [0, 0.05) is 25.0 Å². The van der Waals surface area contributed by atoms with Crippen LogP contribution in [0.15, 0.2) is 15.7 Å². The molecule has 0 aliphatic carbocycles. The van der Waals surface area contributed by atoms with E-state index in [-0.39, 0.29) is 36.6 Å². The van der Waals surface area contributed by atoms with E-state index in [0.29, 0.717) is 11.7 Å².